The molecule has 3 fully saturated rings. The van der Waals surface area contributed by atoms with Gasteiger partial charge in [-0.2, -0.15) is 0 Å². The van der Waals surface area contributed by atoms with Gasteiger partial charge < -0.3 is 15.2 Å². The largest absolute Gasteiger partial charge is 0.351 e. The Hall–Kier alpha value is -2.21. The maximum absolute atomic E-state index is 13.3. The molecule has 3 aliphatic heterocycles. The number of carbonyl (C=O) groups excluding carboxylic acids is 1. The van der Waals surface area contributed by atoms with Crippen LogP contribution in [0.2, 0.25) is 0 Å². The Bertz CT molecular complexity index is 745. The van der Waals surface area contributed by atoms with E-state index in [1.165, 1.54) is 12.1 Å². The third-order valence-corrected chi connectivity index (χ3v) is 5.08. The average molecular weight is 331 g/mol. The minimum Gasteiger partial charge on any atom is -0.351 e. The van der Waals surface area contributed by atoms with E-state index in [4.69, 9.17) is 0 Å². The molecular formula is C18H19F2N3O. The van der Waals surface area contributed by atoms with Gasteiger partial charge in [-0.25, -0.2) is 8.78 Å². The second-order valence-electron chi connectivity index (χ2n) is 6.66. The lowest BCUT2D eigenvalue weighted by atomic mass is 9.84. The van der Waals surface area contributed by atoms with Gasteiger partial charge in [-0.3, -0.25) is 4.79 Å². The smallest absolute Gasteiger partial charge is 0.267 e. The molecule has 0 spiro atoms. The molecule has 1 unspecified atom stereocenters. The topological polar surface area (TPSA) is 48.1 Å². The first-order valence-corrected chi connectivity index (χ1v) is 8.27. The highest BCUT2D eigenvalue weighted by Crippen LogP contribution is 2.28. The van der Waals surface area contributed by atoms with Crippen molar-refractivity contribution in [1.82, 2.24) is 15.2 Å². The molecule has 2 aromatic rings. The van der Waals surface area contributed by atoms with Crippen LogP contribution in [0.25, 0.3) is 11.3 Å². The molecule has 4 nitrogen and oxygen atoms in total. The van der Waals surface area contributed by atoms with E-state index >= 15 is 0 Å². The molecule has 1 atom stereocenters. The molecule has 3 aliphatic rings. The number of H-pyrrole nitrogens is 1. The molecule has 1 aromatic carbocycles. The van der Waals surface area contributed by atoms with E-state index in [0.717, 1.165) is 38.5 Å². The zero-order valence-corrected chi connectivity index (χ0v) is 13.2. The van der Waals surface area contributed by atoms with Crippen LogP contribution in [-0.2, 0) is 0 Å². The third kappa shape index (κ3) is 2.94. The number of nitrogens with one attached hydrogen (secondary N) is 2. The molecule has 6 heteroatoms. The van der Waals surface area contributed by atoms with Crippen molar-refractivity contribution in [2.45, 2.75) is 18.9 Å². The molecule has 0 saturated carbocycles. The zero-order valence-electron chi connectivity index (χ0n) is 13.2. The quantitative estimate of drug-likeness (QED) is 0.909. The van der Waals surface area contributed by atoms with E-state index in [1.807, 2.05) is 0 Å². The number of benzene rings is 1. The van der Waals surface area contributed by atoms with E-state index in [-0.39, 0.29) is 11.9 Å². The van der Waals surface area contributed by atoms with Crippen LogP contribution < -0.4 is 5.32 Å². The molecule has 3 saturated heterocycles. The SMILES string of the molecule is O=C(NC1CN2CCC1CC2)c1ccc(-c2cc(F)cc(F)c2)[nH]1. The first kappa shape index (κ1) is 15.3. The summed E-state index contributed by atoms with van der Waals surface area (Å²) in [4.78, 5) is 17.8. The number of rotatable bonds is 3. The fourth-order valence-electron chi connectivity index (χ4n) is 3.78. The van der Waals surface area contributed by atoms with Crippen LogP contribution in [-0.4, -0.2) is 41.5 Å². The number of fused-ring (bicyclic) bond motifs is 3. The predicted molar refractivity (Wildman–Crippen MR) is 86.6 cm³/mol. The second kappa shape index (κ2) is 6.02. The van der Waals surface area contributed by atoms with Gasteiger partial charge in [0.15, 0.2) is 0 Å². The predicted octanol–water partition coefficient (Wildman–Crippen LogP) is 2.78. The van der Waals surface area contributed by atoms with Crippen molar-refractivity contribution in [2.24, 2.45) is 5.92 Å². The first-order valence-electron chi connectivity index (χ1n) is 8.27. The van der Waals surface area contributed by atoms with Gasteiger partial charge in [0.2, 0.25) is 0 Å². The maximum atomic E-state index is 13.3. The molecule has 1 aromatic heterocycles. The standard InChI is InChI=1S/C18H19F2N3O/c19-13-7-12(8-14(20)9-13)15-1-2-16(21-15)18(24)22-17-10-23-5-3-11(17)4-6-23/h1-2,7-9,11,17,21H,3-6,10H2,(H,22,24). The minimum absolute atomic E-state index is 0.170. The molecule has 5 rings (SSSR count). The van der Waals surface area contributed by atoms with Gasteiger partial charge in [-0.05, 0) is 56.1 Å². The van der Waals surface area contributed by atoms with Gasteiger partial charge in [0, 0.05) is 29.9 Å². The maximum Gasteiger partial charge on any atom is 0.267 e. The lowest BCUT2D eigenvalue weighted by Crippen LogP contribution is -2.57. The number of nitrogens with zero attached hydrogens (tertiary/aromatic N) is 1. The fourth-order valence-corrected chi connectivity index (χ4v) is 3.78. The van der Waals surface area contributed by atoms with Gasteiger partial charge in [-0.1, -0.05) is 0 Å². The summed E-state index contributed by atoms with van der Waals surface area (Å²) in [7, 11) is 0. The number of hydrogen-bond donors (Lipinski definition) is 2. The molecule has 126 valence electrons. The highest BCUT2D eigenvalue weighted by molar-refractivity contribution is 5.93. The van der Waals surface area contributed by atoms with Crippen molar-refractivity contribution in [3.8, 4) is 11.3 Å². The average Bonchev–Trinajstić information content (AvgIpc) is 3.05. The van der Waals surface area contributed by atoms with E-state index in [0.29, 0.717) is 22.9 Å². The Morgan fingerprint density at radius 2 is 1.83 bits per heavy atom. The summed E-state index contributed by atoms with van der Waals surface area (Å²) >= 11 is 0. The number of carbonyl (C=O) groups is 1. The van der Waals surface area contributed by atoms with Crippen molar-refractivity contribution in [2.75, 3.05) is 19.6 Å². The highest BCUT2D eigenvalue weighted by Gasteiger charge is 2.35. The minimum atomic E-state index is -0.641. The van der Waals surface area contributed by atoms with Crippen LogP contribution in [0.3, 0.4) is 0 Å². The van der Waals surface area contributed by atoms with E-state index in [1.54, 1.807) is 12.1 Å². The molecular weight excluding hydrogens is 312 g/mol. The van der Waals surface area contributed by atoms with Crippen molar-refractivity contribution in [3.05, 3.63) is 47.7 Å². The van der Waals surface area contributed by atoms with Crippen molar-refractivity contribution in [1.29, 1.82) is 0 Å². The Labute approximate surface area is 138 Å². The Morgan fingerprint density at radius 3 is 2.46 bits per heavy atom. The highest BCUT2D eigenvalue weighted by atomic mass is 19.1. The van der Waals surface area contributed by atoms with E-state index in [9.17, 15) is 13.6 Å². The lowest BCUT2D eigenvalue weighted by Gasteiger charge is -2.44. The molecule has 1 amide bonds. The number of amides is 1. The van der Waals surface area contributed by atoms with E-state index in [2.05, 4.69) is 15.2 Å². The van der Waals surface area contributed by atoms with Gasteiger partial charge in [0.05, 0.1) is 0 Å². The van der Waals surface area contributed by atoms with Gasteiger partial charge >= 0.3 is 0 Å². The normalized spacial score (nSPS) is 25.7. The molecule has 2 N–H and O–H groups in total. The summed E-state index contributed by atoms with van der Waals surface area (Å²) < 4.78 is 26.7. The molecule has 2 bridgehead atoms. The number of halogens is 2. The Balaban J connectivity index is 1.49. The second-order valence-corrected chi connectivity index (χ2v) is 6.66. The zero-order chi connectivity index (χ0) is 16.7. The summed E-state index contributed by atoms with van der Waals surface area (Å²) in [5.74, 6) is -0.904. The van der Waals surface area contributed by atoms with Crippen LogP contribution in [0.15, 0.2) is 30.3 Å². The first-order chi connectivity index (χ1) is 11.6. The van der Waals surface area contributed by atoms with Gasteiger partial charge in [-0.15, -0.1) is 0 Å². The Morgan fingerprint density at radius 1 is 1.12 bits per heavy atom. The molecule has 0 aliphatic carbocycles. The molecule has 24 heavy (non-hydrogen) atoms. The summed E-state index contributed by atoms with van der Waals surface area (Å²) in [6.07, 6.45) is 2.26. The fraction of sp³-hybridized carbons (Fsp3) is 0.389. The number of piperidine rings is 3. The van der Waals surface area contributed by atoms with E-state index < -0.39 is 11.6 Å². The molecule has 4 heterocycles. The van der Waals surface area contributed by atoms with Crippen molar-refractivity contribution in [3.63, 3.8) is 0 Å². The van der Waals surface area contributed by atoms with Crippen LogP contribution in [0, 0.1) is 17.6 Å². The van der Waals surface area contributed by atoms with Crippen LogP contribution in [0.5, 0.6) is 0 Å². The van der Waals surface area contributed by atoms with Crippen LogP contribution in [0.4, 0.5) is 8.78 Å². The summed E-state index contributed by atoms with van der Waals surface area (Å²) in [6.45, 7) is 3.14. The van der Waals surface area contributed by atoms with Crippen molar-refractivity contribution >= 4 is 5.91 Å². The lowest BCUT2D eigenvalue weighted by molar-refractivity contribution is 0.0618. The summed E-state index contributed by atoms with van der Waals surface area (Å²) in [5, 5.41) is 3.09. The van der Waals surface area contributed by atoms with Crippen molar-refractivity contribution < 1.29 is 13.6 Å². The monoisotopic (exact) mass is 331 g/mol. The summed E-state index contributed by atoms with van der Waals surface area (Å²) in [5.41, 5.74) is 1.31. The number of aromatic amines is 1. The van der Waals surface area contributed by atoms with Crippen LogP contribution in [0.1, 0.15) is 23.3 Å². The molecule has 0 radical (unpaired) electrons. The van der Waals surface area contributed by atoms with Crippen LogP contribution >= 0.6 is 0 Å². The van der Waals surface area contributed by atoms with Gasteiger partial charge in [0.25, 0.3) is 5.91 Å². The van der Waals surface area contributed by atoms with Gasteiger partial charge in [0.1, 0.15) is 17.3 Å². The summed E-state index contributed by atoms with van der Waals surface area (Å²) in [6, 6.07) is 6.80. The number of hydrogen-bond acceptors (Lipinski definition) is 2. The Kier molecular flexibility index (Phi) is 3.84. The third-order valence-electron chi connectivity index (χ3n) is 5.08. The number of aromatic nitrogens is 1.